The number of amides is 1. The van der Waals surface area contributed by atoms with E-state index in [1.54, 1.807) is 11.1 Å². The van der Waals surface area contributed by atoms with E-state index in [2.05, 4.69) is 4.98 Å². The van der Waals surface area contributed by atoms with E-state index in [4.69, 9.17) is 10.5 Å². The molecule has 0 aliphatic heterocycles. The van der Waals surface area contributed by atoms with Crippen molar-refractivity contribution in [3.05, 3.63) is 30.1 Å². The number of hydrogen-bond donors (Lipinski definition) is 1. The predicted molar refractivity (Wildman–Crippen MR) is 65.2 cm³/mol. The molecule has 1 aromatic rings. The summed E-state index contributed by atoms with van der Waals surface area (Å²) in [5, 5.41) is 0. The van der Waals surface area contributed by atoms with Crippen LogP contribution in [-0.4, -0.2) is 42.1 Å². The molecule has 94 valence electrons. The average molecular weight is 237 g/mol. The lowest BCUT2D eigenvalue weighted by Crippen LogP contribution is -2.45. The molecular formula is C12H19N3O2. The lowest BCUT2D eigenvalue weighted by Gasteiger charge is -2.23. The van der Waals surface area contributed by atoms with Gasteiger partial charge in [0, 0.05) is 19.9 Å². The molecule has 0 aliphatic carbocycles. The first-order valence-electron chi connectivity index (χ1n) is 5.62. The molecule has 1 unspecified atom stereocenters. The molecule has 0 bridgehead atoms. The molecule has 5 nitrogen and oxygen atoms in total. The first kappa shape index (κ1) is 13.6. The number of hydrogen-bond acceptors (Lipinski definition) is 4. The lowest BCUT2D eigenvalue weighted by molar-refractivity contribution is -0.134. The van der Waals surface area contributed by atoms with Crippen LogP contribution in [0.5, 0.6) is 0 Å². The van der Waals surface area contributed by atoms with Gasteiger partial charge < -0.3 is 15.4 Å². The van der Waals surface area contributed by atoms with Crippen molar-refractivity contribution in [1.29, 1.82) is 0 Å². The van der Waals surface area contributed by atoms with Gasteiger partial charge in [0.2, 0.25) is 5.91 Å². The Labute approximate surface area is 102 Å². The molecule has 17 heavy (non-hydrogen) atoms. The molecule has 0 saturated carbocycles. The summed E-state index contributed by atoms with van der Waals surface area (Å²) >= 11 is 0. The Bertz CT molecular complexity index is 343. The molecule has 2 N–H and O–H groups in total. The van der Waals surface area contributed by atoms with E-state index in [0.717, 1.165) is 5.69 Å². The van der Waals surface area contributed by atoms with Crippen LogP contribution in [0.25, 0.3) is 0 Å². The van der Waals surface area contributed by atoms with E-state index in [9.17, 15) is 4.79 Å². The van der Waals surface area contributed by atoms with Crippen LogP contribution in [0.15, 0.2) is 24.4 Å². The van der Waals surface area contributed by atoms with Crippen molar-refractivity contribution in [3.8, 4) is 0 Å². The summed E-state index contributed by atoms with van der Waals surface area (Å²) in [6, 6.07) is 5.02. The highest BCUT2D eigenvalue weighted by Gasteiger charge is 2.19. The van der Waals surface area contributed by atoms with Gasteiger partial charge in [-0.25, -0.2) is 0 Å². The number of aromatic nitrogens is 1. The van der Waals surface area contributed by atoms with Crippen LogP contribution in [0, 0.1) is 0 Å². The Hall–Kier alpha value is -1.46. The highest BCUT2D eigenvalue weighted by Crippen LogP contribution is 2.03. The second-order valence-electron chi connectivity index (χ2n) is 3.74. The molecule has 1 heterocycles. The van der Waals surface area contributed by atoms with Crippen LogP contribution in [0.4, 0.5) is 0 Å². The Morgan fingerprint density at radius 3 is 2.88 bits per heavy atom. The van der Waals surface area contributed by atoms with Crippen LogP contribution in [0.2, 0.25) is 0 Å². The molecular weight excluding hydrogens is 218 g/mol. The fourth-order valence-corrected chi connectivity index (χ4v) is 1.52. The van der Waals surface area contributed by atoms with Crippen molar-refractivity contribution in [2.24, 2.45) is 5.73 Å². The number of nitrogens with zero attached hydrogens (tertiary/aromatic N) is 2. The summed E-state index contributed by atoms with van der Waals surface area (Å²) in [6.07, 6.45) is 1.71. The summed E-state index contributed by atoms with van der Waals surface area (Å²) in [4.78, 5) is 17.8. The molecule has 1 aromatic heterocycles. The van der Waals surface area contributed by atoms with E-state index in [-0.39, 0.29) is 12.5 Å². The Balaban J connectivity index is 2.62. The molecule has 0 aliphatic rings. The van der Waals surface area contributed by atoms with Gasteiger partial charge >= 0.3 is 0 Å². The number of rotatable bonds is 6. The second-order valence-corrected chi connectivity index (χ2v) is 3.74. The molecule has 0 radical (unpaired) electrons. The molecule has 5 heteroatoms. The minimum Gasteiger partial charge on any atom is -0.383 e. The third-order valence-corrected chi connectivity index (χ3v) is 2.44. The van der Waals surface area contributed by atoms with E-state index >= 15 is 0 Å². The van der Waals surface area contributed by atoms with Gasteiger partial charge in [0.05, 0.1) is 18.8 Å². The zero-order valence-corrected chi connectivity index (χ0v) is 10.3. The fourth-order valence-electron chi connectivity index (χ4n) is 1.52. The van der Waals surface area contributed by atoms with Gasteiger partial charge in [-0.1, -0.05) is 6.07 Å². The van der Waals surface area contributed by atoms with Gasteiger partial charge in [-0.3, -0.25) is 9.78 Å². The molecule has 0 aromatic carbocycles. The van der Waals surface area contributed by atoms with Gasteiger partial charge in [-0.15, -0.1) is 0 Å². The van der Waals surface area contributed by atoms with E-state index in [0.29, 0.717) is 13.1 Å². The zero-order chi connectivity index (χ0) is 12.7. The third-order valence-electron chi connectivity index (χ3n) is 2.44. The van der Waals surface area contributed by atoms with Crippen molar-refractivity contribution in [2.45, 2.75) is 19.5 Å². The fraction of sp³-hybridized carbons (Fsp3) is 0.500. The molecule has 1 rings (SSSR count). The number of carbonyl (C=O) groups excluding carboxylic acids is 1. The number of pyridine rings is 1. The number of nitrogens with two attached hydrogens (primary N) is 1. The molecule has 1 atom stereocenters. The van der Waals surface area contributed by atoms with Crippen LogP contribution in [0.3, 0.4) is 0 Å². The Kier molecular flexibility index (Phi) is 5.59. The van der Waals surface area contributed by atoms with Crippen LogP contribution in [-0.2, 0) is 16.1 Å². The smallest absolute Gasteiger partial charge is 0.242 e. The van der Waals surface area contributed by atoms with Crippen molar-refractivity contribution in [1.82, 2.24) is 9.88 Å². The maximum Gasteiger partial charge on any atom is 0.242 e. The normalized spacial score (nSPS) is 12.2. The minimum atomic E-state index is -0.608. The monoisotopic (exact) mass is 237 g/mol. The Morgan fingerprint density at radius 1 is 1.59 bits per heavy atom. The van der Waals surface area contributed by atoms with Crippen LogP contribution < -0.4 is 5.73 Å². The van der Waals surface area contributed by atoms with Crippen molar-refractivity contribution in [3.63, 3.8) is 0 Å². The molecule has 0 spiro atoms. The molecule has 0 saturated heterocycles. The van der Waals surface area contributed by atoms with Gasteiger partial charge in [-0.2, -0.15) is 0 Å². The van der Waals surface area contributed by atoms with Crippen molar-refractivity contribution < 1.29 is 9.53 Å². The van der Waals surface area contributed by atoms with Crippen molar-refractivity contribution in [2.75, 3.05) is 20.3 Å². The predicted octanol–water partition coefficient (Wildman–Crippen LogP) is 0.404. The first-order chi connectivity index (χ1) is 8.19. The number of ether oxygens (including phenoxy) is 1. The van der Waals surface area contributed by atoms with E-state index in [1.807, 2.05) is 25.1 Å². The quantitative estimate of drug-likeness (QED) is 0.777. The number of likely N-dealkylation sites (N-methyl/N-ethyl adjacent to an activating group) is 1. The summed E-state index contributed by atoms with van der Waals surface area (Å²) in [6.45, 7) is 3.23. The van der Waals surface area contributed by atoms with Crippen LogP contribution in [0.1, 0.15) is 12.6 Å². The zero-order valence-electron chi connectivity index (χ0n) is 10.3. The summed E-state index contributed by atoms with van der Waals surface area (Å²) in [5.74, 6) is -0.111. The number of carbonyl (C=O) groups is 1. The summed E-state index contributed by atoms with van der Waals surface area (Å²) in [7, 11) is 1.53. The van der Waals surface area contributed by atoms with Crippen LogP contribution >= 0.6 is 0 Å². The van der Waals surface area contributed by atoms with Crippen molar-refractivity contribution >= 4 is 5.91 Å². The topological polar surface area (TPSA) is 68.5 Å². The first-order valence-corrected chi connectivity index (χ1v) is 5.62. The largest absolute Gasteiger partial charge is 0.383 e. The average Bonchev–Trinajstić information content (AvgIpc) is 2.36. The van der Waals surface area contributed by atoms with Gasteiger partial charge in [0.1, 0.15) is 6.04 Å². The summed E-state index contributed by atoms with van der Waals surface area (Å²) < 4.78 is 4.88. The number of methoxy groups -OCH3 is 1. The second kappa shape index (κ2) is 6.98. The highest BCUT2D eigenvalue weighted by atomic mass is 16.5. The third kappa shape index (κ3) is 4.13. The maximum absolute atomic E-state index is 12.0. The SMILES string of the molecule is CCN(Cc1ccccn1)C(=O)C(N)COC. The van der Waals surface area contributed by atoms with Gasteiger partial charge in [0.15, 0.2) is 0 Å². The Morgan fingerprint density at radius 2 is 2.35 bits per heavy atom. The van der Waals surface area contributed by atoms with Gasteiger partial charge in [-0.05, 0) is 19.1 Å². The van der Waals surface area contributed by atoms with E-state index < -0.39 is 6.04 Å². The standard InChI is InChI=1S/C12H19N3O2/c1-3-15(12(16)11(13)9-17-2)8-10-6-4-5-7-14-10/h4-7,11H,3,8-9,13H2,1-2H3. The van der Waals surface area contributed by atoms with E-state index in [1.165, 1.54) is 7.11 Å². The highest BCUT2D eigenvalue weighted by molar-refractivity contribution is 5.81. The molecule has 0 fully saturated rings. The van der Waals surface area contributed by atoms with Gasteiger partial charge in [0.25, 0.3) is 0 Å². The molecule has 1 amide bonds. The summed E-state index contributed by atoms with van der Waals surface area (Å²) in [5.41, 5.74) is 6.58. The minimum absolute atomic E-state index is 0.111. The lowest BCUT2D eigenvalue weighted by atomic mass is 10.2. The maximum atomic E-state index is 12.0.